The fourth-order valence-corrected chi connectivity index (χ4v) is 3.45. The van der Waals surface area contributed by atoms with E-state index in [9.17, 15) is 17.6 Å². The van der Waals surface area contributed by atoms with E-state index in [0.717, 1.165) is 22.5 Å². The third kappa shape index (κ3) is 2.67. The maximum absolute atomic E-state index is 13.7. The molecule has 8 heteroatoms. The Balaban J connectivity index is 2.42. The number of sulfonamides is 1. The normalized spacial score (nSPS) is 19.4. The third-order valence-corrected chi connectivity index (χ3v) is 5.18. The number of hydrogen-bond donors (Lipinski definition) is 1. The van der Waals surface area contributed by atoms with Crippen LogP contribution in [0.2, 0.25) is 0 Å². The lowest BCUT2D eigenvalue weighted by Gasteiger charge is -2.22. The van der Waals surface area contributed by atoms with Crippen molar-refractivity contribution >= 4 is 16.0 Å². The van der Waals surface area contributed by atoms with E-state index < -0.39 is 26.7 Å². The van der Waals surface area contributed by atoms with Crippen molar-refractivity contribution in [2.75, 3.05) is 20.3 Å². The average molecular weight is 303 g/mol. The molecule has 1 atom stereocenters. The number of carboxylic acid groups (broad SMARTS) is 1. The minimum atomic E-state index is -4.09. The minimum Gasteiger partial charge on any atom is -0.478 e. The summed E-state index contributed by atoms with van der Waals surface area (Å²) in [4.78, 5) is 10.2. The quantitative estimate of drug-likeness (QED) is 0.894. The molecular weight excluding hydrogens is 289 g/mol. The van der Waals surface area contributed by atoms with E-state index in [4.69, 9.17) is 9.84 Å². The van der Waals surface area contributed by atoms with Crippen LogP contribution in [0, 0.1) is 5.82 Å². The van der Waals surface area contributed by atoms with E-state index in [0.29, 0.717) is 13.0 Å². The van der Waals surface area contributed by atoms with Crippen LogP contribution in [0.5, 0.6) is 0 Å². The summed E-state index contributed by atoms with van der Waals surface area (Å²) in [5.41, 5.74) is -0.277. The molecule has 2 rings (SSSR count). The number of halogens is 1. The van der Waals surface area contributed by atoms with Crippen molar-refractivity contribution in [3.8, 4) is 0 Å². The molecule has 6 nitrogen and oxygen atoms in total. The van der Waals surface area contributed by atoms with Gasteiger partial charge in [-0.1, -0.05) is 0 Å². The summed E-state index contributed by atoms with van der Waals surface area (Å²) >= 11 is 0. The smallest absolute Gasteiger partial charge is 0.335 e. The summed E-state index contributed by atoms with van der Waals surface area (Å²) in [5, 5.41) is 8.87. The van der Waals surface area contributed by atoms with Crippen LogP contribution in [0.25, 0.3) is 0 Å². The zero-order chi connectivity index (χ0) is 14.9. The van der Waals surface area contributed by atoms with Gasteiger partial charge in [-0.15, -0.1) is 0 Å². The Labute approximate surface area is 115 Å². The Morgan fingerprint density at radius 2 is 2.20 bits per heavy atom. The number of nitrogens with zero attached hydrogens (tertiary/aromatic N) is 1. The SMILES string of the molecule is CN(C1CCOC1)S(=O)(=O)c1cc(C(=O)O)ccc1F. The fraction of sp³-hybridized carbons (Fsp3) is 0.417. The van der Waals surface area contributed by atoms with Gasteiger partial charge in [0.25, 0.3) is 0 Å². The Hall–Kier alpha value is -1.51. The third-order valence-electron chi connectivity index (χ3n) is 3.26. The Morgan fingerprint density at radius 3 is 2.75 bits per heavy atom. The van der Waals surface area contributed by atoms with Gasteiger partial charge in [0.1, 0.15) is 10.7 Å². The zero-order valence-electron chi connectivity index (χ0n) is 10.7. The second-order valence-electron chi connectivity index (χ2n) is 4.49. The molecule has 20 heavy (non-hydrogen) atoms. The number of carbonyl (C=O) groups is 1. The predicted octanol–water partition coefficient (Wildman–Crippen LogP) is 0.933. The molecule has 110 valence electrons. The standard InChI is InChI=1S/C12H14FNO5S/c1-14(9-4-5-19-7-9)20(17,18)11-6-8(12(15)16)2-3-10(11)13/h2-3,6,9H,4-5,7H2,1H3,(H,15,16). The summed E-state index contributed by atoms with van der Waals surface area (Å²) in [6, 6.07) is 2.33. The van der Waals surface area contributed by atoms with E-state index in [2.05, 4.69) is 0 Å². The molecule has 1 aromatic carbocycles. The van der Waals surface area contributed by atoms with Gasteiger partial charge in [-0.3, -0.25) is 0 Å². The van der Waals surface area contributed by atoms with Gasteiger partial charge < -0.3 is 9.84 Å². The van der Waals surface area contributed by atoms with E-state index >= 15 is 0 Å². The van der Waals surface area contributed by atoms with Crippen LogP contribution >= 0.6 is 0 Å². The highest BCUT2D eigenvalue weighted by Crippen LogP contribution is 2.24. The summed E-state index contributed by atoms with van der Waals surface area (Å²) in [5.74, 6) is -2.28. The first-order chi connectivity index (χ1) is 9.34. The lowest BCUT2D eigenvalue weighted by atomic mass is 10.2. The second kappa shape index (κ2) is 5.47. The van der Waals surface area contributed by atoms with Gasteiger partial charge in [0.2, 0.25) is 10.0 Å². The summed E-state index contributed by atoms with van der Waals surface area (Å²) in [6.45, 7) is 0.693. The van der Waals surface area contributed by atoms with Crippen molar-refractivity contribution in [2.24, 2.45) is 0 Å². The van der Waals surface area contributed by atoms with Crippen LogP contribution in [0.15, 0.2) is 23.1 Å². The number of likely N-dealkylation sites (N-methyl/N-ethyl adjacent to an activating group) is 1. The van der Waals surface area contributed by atoms with Gasteiger partial charge in [-0.25, -0.2) is 17.6 Å². The number of benzene rings is 1. The average Bonchev–Trinajstić information content (AvgIpc) is 2.91. The summed E-state index contributed by atoms with van der Waals surface area (Å²) in [6.07, 6.45) is 0.524. The first kappa shape index (κ1) is 14.9. The van der Waals surface area contributed by atoms with Gasteiger partial charge in [0, 0.05) is 13.7 Å². The van der Waals surface area contributed by atoms with Crippen molar-refractivity contribution < 1.29 is 27.4 Å². The Morgan fingerprint density at radius 1 is 1.50 bits per heavy atom. The molecule has 1 unspecified atom stereocenters. The van der Waals surface area contributed by atoms with Crippen LogP contribution < -0.4 is 0 Å². The molecule has 0 saturated carbocycles. The molecule has 0 spiro atoms. The molecule has 0 aliphatic carbocycles. The summed E-state index contributed by atoms with van der Waals surface area (Å²) < 4.78 is 44.6. The topological polar surface area (TPSA) is 83.9 Å². The molecular formula is C12H14FNO5S. The molecule has 0 aromatic heterocycles. The van der Waals surface area contributed by atoms with Crippen molar-refractivity contribution in [1.82, 2.24) is 4.31 Å². The summed E-state index contributed by atoms with van der Waals surface area (Å²) in [7, 11) is -2.76. The van der Waals surface area contributed by atoms with Gasteiger partial charge in [0.05, 0.1) is 18.2 Å². The maximum Gasteiger partial charge on any atom is 0.335 e. The number of ether oxygens (including phenoxy) is 1. The number of hydrogen-bond acceptors (Lipinski definition) is 4. The van der Waals surface area contributed by atoms with E-state index in [1.165, 1.54) is 7.05 Å². The maximum atomic E-state index is 13.7. The molecule has 1 saturated heterocycles. The van der Waals surface area contributed by atoms with Gasteiger partial charge in [0.15, 0.2) is 0 Å². The van der Waals surface area contributed by atoms with Crippen molar-refractivity contribution in [3.05, 3.63) is 29.6 Å². The molecule has 1 heterocycles. The lowest BCUT2D eigenvalue weighted by Crippen LogP contribution is -2.37. The largest absolute Gasteiger partial charge is 0.478 e. The van der Waals surface area contributed by atoms with Gasteiger partial charge in [-0.2, -0.15) is 4.31 Å². The van der Waals surface area contributed by atoms with Crippen LogP contribution in [-0.2, 0) is 14.8 Å². The molecule has 0 radical (unpaired) electrons. The second-order valence-corrected chi connectivity index (χ2v) is 6.45. The monoisotopic (exact) mass is 303 g/mol. The Kier molecular flexibility index (Phi) is 4.07. The number of rotatable bonds is 4. The zero-order valence-corrected chi connectivity index (χ0v) is 11.6. The molecule has 1 fully saturated rings. The van der Waals surface area contributed by atoms with Crippen LogP contribution in [0.3, 0.4) is 0 Å². The highest BCUT2D eigenvalue weighted by molar-refractivity contribution is 7.89. The number of carboxylic acids is 1. The number of aromatic carboxylic acids is 1. The Bertz CT molecular complexity index is 625. The molecule has 0 bridgehead atoms. The van der Waals surface area contributed by atoms with E-state index in [1.807, 2.05) is 0 Å². The van der Waals surface area contributed by atoms with E-state index in [1.54, 1.807) is 0 Å². The van der Waals surface area contributed by atoms with Crippen molar-refractivity contribution in [2.45, 2.75) is 17.4 Å². The molecule has 0 amide bonds. The molecule has 1 N–H and O–H groups in total. The lowest BCUT2D eigenvalue weighted by molar-refractivity contribution is 0.0696. The predicted molar refractivity (Wildman–Crippen MR) is 67.5 cm³/mol. The van der Waals surface area contributed by atoms with Crippen LogP contribution in [0.1, 0.15) is 16.8 Å². The van der Waals surface area contributed by atoms with E-state index in [-0.39, 0.29) is 18.2 Å². The van der Waals surface area contributed by atoms with Crippen LogP contribution in [0.4, 0.5) is 4.39 Å². The van der Waals surface area contributed by atoms with Crippen molar-refractivity contribution in [3.63, 3.8) is 0 Å². The molecule has 1 aromatic rings. The first-order valence-electron chi connectivity index (χ1n) is 5.92. The highest BCUT2D eigenvalue weighted by atomic mass is 32.2. The van der Waals surface area contributed by atoms with Crippen LogP contribution in [-0.4, -0.2) is 50.1 Å². The first-order valence-corrected chi connectivity index (χ1v) is 7.36. The van der Waals surface area contributed by atoms with Gasteiger partial charge >= 0.3 is 5.97 Å². The van der Waals surface area contributed by atoms with Gasteiger partial charge in [-0.05, 0) is 24.6 Å². The molecule has 1 aliphatic rings. The fourth-order valence-electron chi connectivity index (χ4n) is 1.99. The minimum absolute atomic E-state index is 0.246. The molecule has 1 aliphatic heterocycles. The van der Waals surface area contributed by atoms with Crippen molar-refractivity contribution in [1.29, 1.82) is 0 Å². The highest BCUT2D eigenvalue weighted by Gasteiger charge is 2.32.